The molecule has 5 nitrogen and oxygen atoms in total. The number of fused-ring (bicyclic) bond motifs is 3. The number of aliphatic hydroxyl groups excluding tert-OH is 2. The number of allylic oxidation sites excluding steroid dienone is 3. The Bertz CT molecular complexity index is 1420. The molecule has 6 atom stereocenters. The minimum absolute atomic E-state index is 0.0258. The number of rotatable bonds is 10. The maximum Gasteiger partial charge on any atom is 0.307 e. The van der Waals surface area contributed by atoms with Gasteiger partial charge in [-0.2, -0.15) is 0 Å². The van der Waals surface area contributed by atoms with Crippen LogP contribution in [0.25, 0.3) is 0 Å². The van der Waals surface area contributed by atoms with Gasteiger partial charge in [-0.1, -0.05) is 93.2 Å². The van der Waals surface area contributed by atoms with E-state index < -0.39 is 23.4 Å². The Balaban J connectivity index is 1.25. The zero-order chi connectivity index (χ0) is 33.6. The van der Waals surface area contributed by atoms with E-state index >= 15 is 0 Å². The largest absolute Gasteiger partial charge is 0.508 e. The van der Waals surface area contributed by atoms with E-state index in [4.69, 9.17) is 0 Å². The number of benzene rings is 2. The van der Waals surface area contributed by atoms with Gasteiger partial charge < -0.3 is 20.4 Å². The summed E-state index contributed by atoms with van der Waals surface area (Å²) in [6, 6.07) is 16.6. The molecule has 0 heterocycles. The highest BCUT2D eigenvalue weighted by atomic mass is 16.4. The normalized spacial score (nSPS) is 30.2. The molecule has 0 saturated heterocycles. The Morgan fingerprint density at radius 2 is 1.65 bits per heavy atom. The molecule has 0 aromatic heterocycles. The molecule has 5 heteroatoms. The van der Waals surface area contributed by atoms with E-state index in [0.29, 0.717) is 24.7 Å². The van der Waals surface area contributed by atoms with Gasteiger partial charge in [-0.15, -0.1) is 0 Å². The van der Waals surface area contributed by atoms with E-state index in [9.17, 15) is 25.2 Å². The Kier molecular flexibility index (Phi) is 11.5. The van der Waals surface area contributed by atoms with Crippen LogP contribution in [0.15, 0.2) is 72.3 Å². The molecule has 260 valence electrons. The Morgan fingerprint density at radius 3 is 2.38 bits per heavy atom. The Labute approximate surface area is 288 Å². The smallest absolute Gasteiger partial charge is 0.307 e. The third kappa shape index (κ3) is 8.11. The van der Waals surface area contributed by atoms with Crippen molar-refractivity contribution in [1.82, 2.24) is 0 Å². The van der Waals surface area contributed by atoms with Crippen LogP contribution in [0.1, 0.15) is 132 Å². The van der Waals surface area contributed by atoms with E-state index in [1.54, 1.807) is 0 Å². The molecule has 2 fully saturated rings. The van der Waals surface area contributed by atoms with Crippen molar-refractivity contribution in [3.8, 4) is 5.75 Å². The van der Waals surface area contributed by atoms with Gasteiger partial charge in [0.05, 0.1) is 18.6 Å². The van der Waals surface area contributed by atoms with Crippen LogP contribution in [0, 0.1) is 23.2 Å². The minimum atomic E-state index is -0.747. The maximum atomic E-state index is 13.2. The molecular weight excluding hydrogens is 596 g/mol. The number of unbranched alkanes of at least 4 members (excludes halogenated alkanes) is 3. The molecule has 6 unspecified atom stereocenters. The fraction of sp³-hybridized carbons (Fsp3) is 0.605. The number of carboxylic acids is 1. The molecule has 4 aliphatic carbocycles. The second-order valence-corrected chi connectivity index (χ2v) is 16.1. The molecule has 0 aliphatic heterocycles. The van der Waals surface area contributed by atoms with E-state index in [2.05, 4.69) is 54.6 Å². The van der Waals surface area contributed by atoms with E-state index in [1.807, 2.05) is 12.1 Å². The summed E-state index contributed by atoms with van der Waals surface area (Å²) in [5, 5.41) is 41.8. The monoisotopic (exact) mass is 654 g/mol. The van der Waals surface area contributed by atoms with Crippen molar-refractivity contribution in [1.29, 1.82) is 0 Å². The van der Waals surface area contributed by atoms with Crippen LogP contribution in [0.5, 0.6) is 5.75 Å². The number of carboxylic acid groups (broad SMARTS) is 1. The van der Waals surface area contributed by atoms with Crippen molar-refractivity contribution in [2.45, 2.75) is 133 Å². The van der Waals surface area contributed by atoms with Crippen LogP contribution in [0.2, 0.25) is 0 Å². The van der Waals surface area contributed by atoms with Gasteiger partial charge in [0, 0.05) is 5.41 Å². The van der Waals surface area contributed by atoms with Gasteiger partial charge in [0.25, 0.3) is 0 Å². The van der Waals surface area contributed by atoms with Crippen LogP contribution >= 0.6 is 0 Å². The molecule has 4 N–H and O–H groups in total. The van der Waals surface area contributed by atoms with Crippen molar-refractivity contribution in [3.63, 3.8) is 0 Å². The SMILES string of the molecule is O=C(O)C1CC=CCC(CCCCCCC2C=C(CO)CC2)C(c2ccc(O)cc2)Cc2cccc(c2)C12CC(O)CC1(CCCC1)C2. The molecular formula is C43H58O5. The third-order valence-electron chi connectivity index (χ3n) is 12.8. The number of phenols is 1. The number of aliphatic hydroxyl groups is 2. The fourth-order valence-corrected chi connectivity index (χ4v) is 10.5. The first-order chi connectivity index (χ1) is 23.3. The van der Waals surface area contributed by atoms with Gasteiger partial charge >= 0.3 is 5.97 Å². The summed E-state index contributed by atoms with van der Waals surface area (Å²) >= 11 is 0. The van der Waals surface area contributed by atoms with Crippen molar-refractivity contribution in [3.05, 3.63) is 89.0 Å². The predicted molar refractivity (Wildman–Crippen MR) is 192 cm³/mol. The van der Waals surface area contributed by atoms with E-state index in [-0.39, 0.29) is 23.7 Å². The fourth-order valence-electron chi connectivity index (χ4n) is 10.5. The summed E-state index contributed by atoms with van der Waals surface area (Å²) in [6.45, 7) is 0.209. The topological polar surface area (TPSA) is 98.0 Å². The standard InChI is InChI=1S/C43H58O5/c44-29-33-17-16-31(24-33)10-3-1-2-4-12-34-13-5-6-15-40(41(47)48)43(28-38(46)27-42(30-43)22-7-8-23-42)36-14-9-11-32(25-36)26-39(34)35-18-20-37(45)21-19-35/h5-6,9,11,14,18-21,24-25,31,34,38-40,44-46H,1-4,7-8,10,12-13,15-17,22-23,26-30H2,(H,47,48). The molecule has 48 heavy (non-hydrogen) atoms. The van der Waals surface area contributed by atoms with Crippen LogP contribution in [-0.4, -0.2) is 39.1 Å². The molecule has 2 bridgehead atoms. The minimum Gasteiger partial charge on any atom is -0.508 e. The number of phenolic OH excluding ortho intramolecular Hbond substituents is 1. The maximum absolute atomic E-state index is 13.2. The second-order valence-electron chi connectivity index (χ2n) is 16.1. The van der Waals surface area contributed by atoms with E-state index in [1.165, 1.54) is 61.6 Å². The molecule has 0 amide bonds. The number of carbonyl (C=O) groups is 1. The van der Waals surface area contributed by atoms with Gasteiger partial charge in [-0.25, -0.2) is 0 Å². The first kappa shape index (κ1) is 35.0. The summed E-state index contributed by atoms with van der Waals surface area (Å²) in [6.07, 6.45) is 24.5. The second kappa shape index (κ2) is 15.8. The predicted octanol–water partition coefficient (Wildman–Crippen LogP) is 9.40. The summed E-state index contributed by atoms with van der Waals surface area (Å²) in [5.41, 5.74) is 4.21. The molecule has 2 spiro atoms. The summed E-state index contributed by atoms with van der Waals surface area (Å²) in [4.78, 5) is 13.2. The quantitative estimate of drug-likeness (QED) is 0.151. The lowest BCUT2D eigenvalue weighted by molar-refractivity contribution is -0.147. The van der Waals surface area contributed by atoms with Crippen molar-refractivity contribution in [2.24, 2.45) is 23.2 Å². The van der Waals surface area contributed by atoms with Crippen LogP contribution in [0.3, 0.4) is 0 Å². The highest BCUT2D eigenvalue weighted by Gasteiger charge is 2.54. The lowest BCUT2D eigenvalue weighted by Crippen LogP contribution is -2.50. The van der Waals surface area contributed by atoms with Gasteiger partial charge in [0.2, 0.25) is 0 Å². The first-order valence-electron chi connectivity index (χ1n) is 19.0. The molecule has 6 rings (SSSR count). The van der Waals surface area contributed by atoms with Gasteiger partial charge in [-0.3, -0.25) is 4.79 Å². The summed E-state index contributed by atoms with van der Waals surface area (Å²) < 4.78 is 0. The van der Waals surface area contributed by atoms with Gasteiger partial charge in [0.15, 0.2) is 0 Å². The third-order valence-corrected chi connectivity index (χ3v) is 12.8. The van der Waals surface area contributed by atoms with Crippen LogP contribution in [0.4, 0.5) is 0 Å². The van der Waals surface area contributed by atoms with Crippen LogP contribution in [-0.2, 0) is 16.6 Å². The Hall–Kier alpha value is -2.89. The number of hydrogen-bond acceptors (Lipinski definition) is 4. The molecule has 2 aromatic carbocycles. The lowest BCUT2D eigenvalue weighted by Gasteiger charge is -2.51. The zero-order valence-corrected chi connectivity index (χ0v) is 28.9. The Morgan fingerprint density at radius 1 is 0.896 bits per heavy atom. The number of aromatic hydroxyl groups is 1. The average molecular weight is 655 g/mol. The average Bonchev–Trinajstić information content (AvgIpc) is 3.73. The molecule has 2 aromatic rings. The zero-order valence-electron chi connectivity index (χ0n) is 28.9. The molecule has 4 aliphatic rings. The lowest BCUT2D eigenvalue weighted by atomic mass is 9.53. The van der Waals surface area contributed by atoms with Crippen molar-refractivity contribution < 1.29 is 25.2 Å². The van der Waals surface area contributed by atoms with Crippen molar-refractivity contribution >= 4 is 5.97 Å². The molecule has 0 radical (unpaired) electrons. The highest BCUT2D eigenvalue weighted by Crippen LogP contribution is 2.59. The van der Waals surface area contributed by atoms with Crippen molar-refractivity contribution in [2.75, 3.05) is 6.61 Å². The van der Waals surface area contributed by atoms with Crippen LogP contribution < -0.4 is 0 Å². The molecule has 2 saturated carbocycles. The van der Waals surface area contributed by atoms with Gasteiger partial charge in [-0.05, 0) is 135 Å². The number of hydrogen-bond donors (Lipinski definition) is 4. The highest BCUT2D eigenvalue weighted by molar-refractivity contribution is 5.73. The first-order valence-corrected chi connectivity index (χ1v) is 19.0. The van der Waals surface area contributed by atoms with Gasteiger partial charge in [0.1, 0.15) is 5.75 Å². The van der Waals surface area contributed by atoms with E-state index in [0.717, 1.165) is 63.4 Å². The number of aliphatic carboxylic acids is 1. The summed E-state index contributed by atoms with van der Waals surface area (Å²) in [7, 11) is 0. The summed E-state index contributed by atoms with van der Waals surface area (Å²) in [5.74, 6) is 0.262.